The maximum absolute atomic E-state index is 12.1. The first-order chi connectivity index (χ1) is 11.6. The predicted molar refractivity (Wildman–Crippen MR) is 92.0 cm³/mol. The summed E-state index contributed by atoms with van der Waals surface area (Å²) in [4.78, 5) is 21.6. The summed E-state index contributed by atoms with van der Waals surface area (Å²) in [5.74, 6) is 1.31. The summed E-state index contributed by atoms with van der Waals surface area (Å²) in [5.41, 5.74) is 0.353. The molecule has 2 N–H and O–H groups in total. The number of nitrogens with zero attached hydrogens (tertiary/aromatic N) is 4. The summed E-state index contributed by atoms with van der Waals surface area (Å²) >= 11 is 0. The van der Waals surface area contributed by atoms with Crippen molar-refractivity contribution in [2.45, 2.75) is 19.9 Å². The number of H-pyrrole nitrogens is 1. The molecule has 3 rings (SSSR count). The van der Waals surface area contributed by atoms with Crippen LogP contribution in [0, 0.1) is 0 Å². The molecule has 0 aliphatic heterocycles. The van der Waals surface area contributed by atoms with Crippen molar-refractivity contribution in [1.29, 1.82) is 0 Å². The SMILES string of the molecule is CCN(CC)[C@@H](CNc1nc2c(cnn2C)c(=O)[nH]1)c1ccco1. The van der Waals surface area contributed by atoms with E-state index in [4.69, 9.17) is 4.42 Å². The van der Waals surface area contributed by atoms with Crippen LogP contribution in [0.15, 0.2) is 33.8 Å². The zero-order valence-corrected chi connectivity index (χ0v) is 14.1. The maximum Gasteiger partial charge on any atom is 0.263 e. The molecule has 8 heteroatoms. The number of likely N-dealkylation sites (N-methyl/N-ethyl adjacent to an activating group) is 1. The largest absolute Gasteiger partial charge is 0.468 e. The molecule has 0 saturated heterocycles. The van der Waals surface area contributed by atoms with Gasteiger partial charge in [0.2, 0.25) is 5.95 Å². The fraction of sp³-hybridized carbons (Fsp3) is 0.438. The topological polar surface area (TPSA) is 92.0 Å². The van der Waals surface area contributed by atoms with Crippen molar-refractivity contribution >= 4 is 17.0 Å². The number of fused-ring (bicyclic) bond motifs is 1. The first-order valence-corrected chi connectivity index (χ1v) is 8.07. The number of aromatic nitrogens is 4. The number of furan rings is 1. The number of rotatable bonds is 7. The summed E-state index contributed by atoms with van der Waals surface area (Å²) in [7, 11) is 1.76. The Balaban J connectivity index is 1.84. The molecular formula is C16H22N6O2. The van der Waals surface area contributed by atoms with Gasteiger partial charge in [-0.1, -0.05) is 13.8 Å². The minimum Gasteiger partial charge on any atom is -0.468 e. The Bertz CT molecular complexity index is 847. The molecule has 1 atom stereocenters. The van der Waals surface area contributed by atoms with Crippen LogP contribution >= 0.6 is 0 Å². The molecule has 24 heavy (non-hydrogen) atoms. The fourth-order valence-corrected chi connectivity index (χ4v) is 2.86. The van der Waals surface area contributed by atoms with Crippen molar-refractivity contribution in [3.63, 3.8) is 0 Å². The third-order valence-corrected chi connectivity index (χ3v) is 4.19. The minimum atomic E-state index is -0.201. The van der Waals surface area contributed by atoms with E-state index in [-0.39, 0.29) is 11.6 Å². The molecule has 0 aliphatic carbocycles. The zero-order chi connectivity index (χ0) is 17.1. The van der Waals surface area contributed by atoms with E-state index in [1.54, 1.807) is 18.0 Å². The van der Waals surface area contributed by atoms with Gasteiger partial charge in [-0.3, -0.25) is 19.4 Å². The van der Waals surface area contributed by atoms with Gasteiger partial charge in [-0.25, -0.2) is 0 Å². The van der Waals surface area contributed by atoms with Gasteiger partial charge in [-0.05, 0) is 25.2 Å². The average Bonchev–Trinajstić information content (AvgIpc) is 3.22. The second-order valence-corrected chi connectivity index (χ2v) is 5.55. The maximum atomic E-state index is 12.1. The molecule has 0 spiro atoms. The molecule has 128 valence electrons. The van der Waals surface area contributed by atoms with Gasteiger partial charge in [0.15, 0.2) is 5.65 Å². The molecule has 0 radical (unpaired) electrons. The van der Waals surface area contributed by atoms with Crippen molar-refractivity contribution in [2.75, 3.05) is 25.0 Å². The highest BCUT2D eigenvalue weighted by atomic mass is 16.3. The van der Waals surface area contributed by atoms with E-state index in [1.165, 1.54) is 6.20 Å². The number of anilines is 1. The summed E-state index contributed by atoms with van der Waals surface area (Å²) in [6.45, 7) is 6.59. The number of aromatic amines is 1. The second-order valence-electron chi connectivity index (χ2n) is 5.55. The number of hydrogen-bond donors (Lipinski definition) is 2. The number of nitrogens with one attached hydrogen (secondary N) is 2. The average molecular weight is 330 g/mol. The van der Waals surface area contributed by atoms with Crippen molar-refractivity contribution in [3.05, 3.63) is 40.7 Å². The standard InChI is InChI=1S/C16H22N6O2/c1-4-22(5-2)12(13-7-6-8-24-13)10-17-16-19-14-11(15(23)20-16)9-18-21(14)3/h6-9,12H,4-5,10H2,1-3H3,(H2,17,19,20,23)/t12-/m0/s1. The molecule has 0 aromatic carbocycles. The Morgan fingerprint density at radius 1 is 1.42 bits per heavy atom. The Hall–Kier alpha value is -2.61. The van der Waals surface area contributed by atoms with Gasteiger partial charge < -0.3 is 9.73 Å². The molecule has 8 nitrogen and oxygen atoms in total. The van der Waals surface area contributed by atoms with Crippen molar-refractivity contribution in [3.8, 4) is 0 Å². The zero-order valence-electron chi connectivity index (χ0n) is 14.1. The Morgan fingerprint density at radius 3 is 2.88 bits per heavy atom. The molecule has 0 aliphatic rings. The lowest BCUT2D eigenvalue weighted by Gasteiger charge is -2.28. The lowest BCUT2D eigenvalue weighted by Crippen LogP contribution is -2.33. The number of aryl methyl sites for hydroxylation is 1. The monoisotopic (exact) mass is 330 g/mol. The van der Waals surface area contributed by atoms with Crippen LogP contribution in [0.4, 0.5) is 5.95 Å². The summed E-state index contributed by atoms with van der Waals surface area (Å²) in [6.07, 6.45) is 3.19. The third-order valence-electron chi connectivity index (χ3n) is 4.19. The Kier molecular flexibility index (Phi) is 4.66. The fourth-order valence-electron chi connectivity index (χ4n) is 2.86. The first-order valence-electron chi connectivity index (χ1n) is 8.07. The normalized spacial score (nSPS) is 12.8. The van der Waals surface area contributed by atoms with Crippen LogP contribution in [0.1, 0.15) is 25.6 Å². The minimum absolute atomic E-state index is 0.0579. The molecule has 0 unspecified atom stereocenters. The molecule has 0 bridgehead atoms. The van der Waals surface area contributed by atoms with Crippen molar-refractivity contribution < 1.29 is 4.42 Å². The van der Waals surface area contributed by atoms with Crippen LogP contribution in [-0.4, -0.2) is 44.3 Å². The van der Waals surface area contributed by atoms with Gasteiger partial charge in [0.05, 0.1) is 18.5 Å². The highest BCUT2D eigenvalue weighted by Crippen LogP contribution is 2.21. The highest BCUT2D eigenvalue weighted by Gasteiger charge is 2.21. The molecule has 0 saturated carbocycles. The molecule has 3 heterocycles. The van der Waals surface area contributed by atoms with Gasteiger partial charge in [0.25, 0.3) is 5.56 Å². The van der Waals surface area contributed by atoms with E-state index in [9.17, 15) is 4.79 Å². The molecule has 3 aromatic heterocycles. The van der Waals surface area contributed by atoms with Gasteiger partial charge in [0, 0.05) is 13.6 Å². The van der Waals surface area contributed by atoms with E-state index < -0.39 is 0 Å². The van der Waals surface area contributed by atoms with E-state index in [2.05, 4.69) is 39.1 Å². The smallest absolute Gasteiger partial charge is 0.263 e. The van der Waals surface area contributed by atoms with E-state index >= 15 is 0 Å². The van der Waals surface area contributed by atoms with Crippen LogP contribution in [0.5, 0.6) is 0 Å². The van der Waals surface area contributed by atoms with Crippen LogP contribution in [0.2, 0.25) is 0 Å². The lowest BCUT2D eigenvalue weighted by molar-refractivity contribution is 0.201. The molecule has 0 fully saturated rings. The molecular weight excluding hydrogens is 308 g/mol. The van der Waals surface area contributed by atoms with E-state index in [0.29, 0.717) is 23.5 Å². The van der Waals surface area contributed by atoms with Crippen molar-refractivity contribution in [1.82, 2.24) is 24.6 Å². The highest BCUT2D eigenvalue weighted by molar-refractivity contribution is 5.74. The quantitative estimate of drug-likeness (QED) is 0.686. The lowest BCUT2D eigenvalue weighted by atomic mass is 10.2. The van der Waals surface area contributed by atoms with Crippen molar-refractivity contribution in [2.24, 2.45) is 7.05 Å². The van der Waals surface area contributed by atoms with E-state index in [0.717, 1.165) is 18.8 Å². The summed E-state index contributed by atoms with van der Waals surface area (Å²) in [5, 5.41) is 7.78. The van der Waals surface area contributed by atoms with Crippen LogP contribution in [0.3, 0.4) is 0 Å². The van der Waals surface area contributed by atoms with E-state index in [1.807, 2.05) is 12.1 Å². The van der Waals surface area contributed by atoms with Crippen LogP contribution in [-0.2, 0) is 7.05 Å². The third kappa shape index (κ3) is 3.05. The predicted octanol–water partition coefficient (Wildman–Crippen LogP) is 1.74. The van der Waals surface area contributed by atoms with Crippen LogP contribution in [0.25, 0.3) is 11.0 Å². The Labute approximate surface area is 139 Å². The summed E-state index contributed by atoms with van der Waals surface area (Å²) in [6, 6.07) is 3.90. The van der Waals surface area contributed by atoms with Crippen LogP contribution < -0.4 is 10.9 Å². The van der Waals surface area contributed by atoms with Gasteiger partial charge in [-0.2, -0.15) is 10.1 Å². The molecule has 0 amide bonds. The van der Waals surface area contributed by atoms with Gasteiger partial charge in [0.1, 0.15) is 11.1 Å². The van der Waals surface area contributed by atoms with Gasteiger partial charge in [-0.15, -0.1) is 0 Å². The first kappa shape index (κ1) is 16.3. The Morgan fingerprint density at radius 2 is 2.21 bits per heavy atom. The number of hydrogen-bond acceptors (Lipinski definition) is 6. The van der Waals surface area contributed by atoms with Gasteiger partial charge >= 0.3 is 0 Å². The summed E-state index contributed by atoms with van der Waals surface area (Å²) < 4.78 is 7.17. The second kappa shape index (κ2) is 6.88. The molecule has 3 aromatic rings.